The molecule has 2 rings (SSSR count). The highest BCUT2D eigenvalue weighted by Gasteiger charge is 2.37. The van der Waals surface area contributed by atoms with Crippen LogP contribution in [0.1, 0.15) is 12.5 Å². The lowest BCUT2D eigenvalue weighted by molar-refractivity contribution is -0.142. The molecule has 2 N–H and O–H groups in total. The van der Waals surface area contributed by atoms with Crippen LogP contribution in [0.5, 0.6) is 0 Å². The van der Waals surface area contributed by atoms with Gasteiger partial charge in [0.05, 0.1) is 10.0 Å². The molecule has 0 bridgehead atoms. The Labute approximate surface area is 137 Å². The quantitative estimate of drug-likeness (QED) is 0.815. The molecule has 2 aromatic carbocycles. The Morgan fingerprint density at radius 3 is 2.29 bits per heavy atom. The van der Waals surface area contributed by atoms with Gasteiger partial charge >= 0.3 is 5.97 Å². The van der Waals surface area contributed by atoms with Gasteiger partial charge in [0.25, 0.3) is 0 Å². The third-order valence-corrected chi connectivity index (χ3v) is 4.23. The number of halogens is 3. The fourth-order valence-corrected chi connectivity index (χ4v) is 2.56. The second kappa shape index (κ2) is 6.14. The van der Waals surface area contributed by atoms with E-state index in [1.807, 2.05) is 0 Å². The van der Waals surface area contributed by atoms with Crippen molar-refractivity contribution in [2.75, 3.05) is 5.32 Å². The zero-order valence-corrected chi connectivity index (χ0v) is 13.3. The summed E-state index contributed by atoms with van der Waals surface area (Å²) < 4.78 is 0. The monoisotopic (exact) mass is 343 g/mol. The average Bonchev–Trinajstić information content (AvgIpc) is 2.44. The average molecular weight is 345 g/mol. The van der Waals surface area contributed by atoms with Gasteiger partial charge in [0.2, 0.25) is 0 Å². The molecule has 0 aliphatic heterocycles. The maximum atomic E-state index is 11.8. The highest BCUT2D eigenvalue weighted by atomic mass is 35.5. The minimum absolute atomic E-state index is 0.213. The topological polar surface area (TPSA) is 49.3 Å². The van der Waals surface area contributed by atoms with Crippen molar-refractivity contribution in [1.29, 1.82) is 0 Å². The normalized spacial score (nSPS) is 13.5. The third kappa shape index (κ3) is 3.26. The van der Waals surface area contributed by atoms with Crippen molar-refractivity contribution in [3.8, 4) is 0 Å². The van der Waals surface area contributed by atoms with Gasteiger partial charge in [-0.25, -0.2) is 4.79 Å². The standard InChI is InChI=1S/C15H12Cl3NO2/c1-15(14(20)21,11-3-2-4-12(17)13(11)18)19-10-7-5-9(16)6-8-10/h2-8,19H,1H3,(H,20,21). The predicted molar refractivity (Wildman–Crippen MR) is 86.5 cm³/mol. The first-order chi connectivity index (χ1) is 9.84. The van der Waals surface area contributed by atoms with Crippen molar-refractivity contribution in [1.82, 2.24) is 0 Å². The number of aliphatic carboxylic acids is 1. The van der Waals surface area contributed by atoms with Crippen molar-refractivity contribution in [2.24, 2.45) is 0 Å². The summed E-state index contributed by atoms with van der Waals surface area (Å²) in [5.41, 5.74) is -0.421. The van der Waals surface area contributed by atoms with Crippen LogP contribution in [0, 0.1) is 0 Å². The van der Waals surface area contributed by atoms with Crippen LogP contribution in [0.25, 0.3) is 0 Å². The molecule has 0 fully saturated rings. The number of anilines is 1. The van der Waals surface area contributed by atoms with E-state index in [1.54, 1.807) is 42.5 Å². The summed E-state index contributed by atoms with van der Waals surface area (Å²) in [6.07, 6.45) is 0. The highest BCUT2D eigenvalue weighted by molar-refractivity contribution is 6.42. The van der Waals surface area contributed by atoms with Gasteiger partial charge in [-0.1, -0.05) is 46.9 Å². The zero-order chi connectivity index (χ0) is 15.6. The summed E-state index contributed by atoms with van der Waals surface area (Å²) in [4.78, 5) is 11.8. The number of nitrogens with one attached hydrogen (secondary N) is 1. The molecular weight excluding hydrogens is 333 g/mol. The van der Waals surface area contributed by atoms with Crippen LogP contribution in [-0.4, -0.2) is 11.1 Å². The van der Waals surface area contributed by atoms with E-state index >= 15 is 0 Å². The number of hydrogen-bond acceptors (Lipinski definition) is 2. The molecule has 21 heavy (non-hydrogen) atoms. The molecule has 6 heteroatoms. The minimum atomic E-state index is -1.42. The summed E-state index contributed by atoms with van der Waals surface area (Å²) in [5, 5.41) is 13.7. The van der Waals surface area contributed by atoms with Crippen LogP contribution >= 0.6 is 34.8 Å². The molecule has 0 amide bonds. The van der Waals surface area contributed by atoms with Crippen LogP contribution in [0.3, 0.4) is 0 Å². The molecule has 0 saturated carbocycles. The van der Waals surface area contributed by atoms with E-state index in [1.165, 1.54) is 6.92 Å². The van der Waals surface area contributed by atoms with Gasteiger partial charge in [-0.3, -0.25) is 0 Å². The number of carbonyl (C=O) groups is 1. The molecule has 0 aliphatic rings. The van der Waals surface area contributed by atoms with E-state index in [-0.39, 0.29) is 5.02 Å². The summed E-state index contributed by atoms with van der Waals surface area (Å²) in [5.74, 6) is -1.07. The first-order valence-electron chi connectivity index (χ1n) is 6.06. The van der Waals surface area contributed by atoms with Gasteiger partial charge in [0.15, 0.2) is 5.54 Å². The summed E-state index contributed by atoms with van der Waals surface area (Å²) in [6, 6.07) is 11.6. The number of carboxylic acid groups (broad SMARTS) is 1. The van der Waals surface area contributed by atoms with Crippen LogP contribution in [-0.2, 0) is 10.3 Å². The molecule has 0 radical (unpaired) electrons. The third-order valence-electron chi connectivity index (χ3n) is 3.16. The maximum absolute atomic E-state index is 11.8. The lowest BCUT2D eigenvalue weighted by Crippen LogP contribution is -2.40. The Kier molecular flexibility index (Phi) is 4.67. The van der Waals surface area contributed by atoms with Gasteiger partial charge in [0.1, 0.15) is 0 Å². The number of benzene rings is 2. The van der Waals surface area contributed by atoms with Crippen molar-refractivity contribution < 1.29 is 9.90 Å². The Morgan fingerprint density at radius 2 is 1.71 bits per heavy atom. The maximum Gasteiger partial charge on any atom is 0.333 e. The smallest absolute Gasteiger partial charge is 0.333 e. The molecule has 3 nitrogen and oxygen atoms in total. The molecule has 1 unspecified atom stereocenters. The Hall–Kier alpha value is -1.42. The lowest BCUT2D eigenvalue weighted by Gasteiger charge is -2.29. The highest BCUT2D eigenvalue weighted by Crippen LogP contribution is 2.35. The van der Waals surface area contributed by atoms with E-state index in [2.05, 4.69) is 5.32 Å². The van der Waals surface area contributed by atoms with Crippen molar-refractivity contribution >= 4 is 46.5 Å². The van der Waals surface area contributed by atoms with Crippen molar-refractivity contribution in [3.05, 3.63) is 63.1 Å². The first-order valence-corrected chi connectivity index (χ1v) is 7.19. The van der Waals surface area contributed by atoms with E-state index in [0.717, 1.165) is 0 Å². The van der Waals surface area contributed by atoms with Crippen LogP contribution in [0.4, 0.5) is 5.69 Å². The lowest BCUT2D eigenvalue weighted by atomic mass is 9.91. The Bertz CT molecular complexity index is 673. The molecule has 0 spiro atoms. The number of hydrogen-bond donors (Lipinski definition) is 2. The molecule has 110 valence electrons. The second-order valence-corrected chi connectivity index (χ2v) is 5.89. The van der Waals surface area contributed by atoms with Crippen molar-refractivity contribution in [3.63, 3.8) is 0 Å². The predicted octanol–water partition coefficient (Wildman–Crippen LogP) is 5.06. The molecule has 0 heterocycles. The SMILES string of the molecule is CC(Nc1ccc(Cl)cc1)(C(=O)O)c1cccc(Cl)c1Cl. The van der Waals surface area contributed by atoms with Crippen molar-refractivity contribution in [2.45, 2.75) is 12.5 Å². The fraction of sp³-hybridized carbons (Fsp3) is 0.133. The summed E-state index contributed by atoms with van der Waals surface area (Å²) in [6.45, 7) is 1.53. The van der Waals surface area contributed by atoms with Gasteiger partial charge in [-0.15, -0.1) is 0 Å². The van der Waals surface area contributed by atoms with E-state index < -0.39 is 11.5 Å². The van der Waals surface area contributed by atoms with Gasteiger partial charge < -0.3 is 10.4 Å². The fourth-order valence-electron chi connectivity index (χ4n) is 1.95. The van der Waals surface area contributed by atoms with Crippen LogP contribution in [0.2, 0.25) is 15.1 Å². The first kappa shape index (κ1) is 16.0. The number of carboxylic acids is 1. The molecule has 0 aliphatic carbocycles. The van der Waals surface area contributed by atoms with E-state index in [9.17, 15) is 9.90 Å². The number of rotatable bonds is 4. The molecule has 1 atom stereocenters. The summed E-state index contributed by atoms with van der Waals surface area (Å²) >= 11 is 18.0. The summed E-state index contributed by atoms with van der Waals surface area (Å²) in [7, 11) is 0. The second-order valence-electron chi connectivity index (χ2n) is 4.66. The minimum Gasteiger partial charge on any atom is -0.479 e. The largest absolute Gasteiger partial charge is 0.479 e. The van der Waals surface area contributed by atoms with Gasteiger partial charge in [-0.2, -0.15) is 0 Å². The van der Waals surface area contributed by atoms with Crippen LogP contribution in [0.15, 0.2) is 42.5 Å². The Balaban J connectivity index is 2.48. The van der Waals surface area contributed by atoms with E-state index in [4.69, 9.17) is 34.8 Å². The molecule has 2 aromatic rings. The molecule has 0 saturated heterocycles. The molecular formula is C15H12Cl3NO2. The molecule has 0 aromatic heterocycles. The Morgan fingerprint density at radius 1 is 1.10 bits per heavy atom. The zero-order valence-electron chi connectivity index (χ0n) is 11.0. The van der Waals surface area contributed by atoms with Gasteiger partial charge in [-0.05, 0) is 37.3 Å². The van der Waals surface area contributed by atoms with E-state index in [0.29, 0.717) is 21.3 Å². The van der Waals surface area contributed by atoms with Crippen LogP contribution < -0.4 is 5.32 Å². The van der Waals surface area contributed by atoms with Gasteiger partial charge in [0, 0.05) is 16.3 Å².